The first-order valence-electron chi connectivity index (χ1n) is 8.17. The van der Waals surface area contributed by atoms with Crippen LogP contribution in [0.15, 0.2) is 24.3 Å². The van der Waals surface area contributed by atoms with Gasteiger partial charge in [0.15, 0.2) is 0 Å². The molecule has 1 aromatic carbocycles. The maximum atomic E-state index is 12.7. The Labute approximate surface area is 140 Å². The number of benzene rings is 1. The van der Waals surface area contributed by atoms with Crippen LogP contribution in [-0.4, -0.2) is 47.9 Å². The van der Waals surface area contributed by atoms with E-state index in [1.165, 1.54) is 12.1 Å². The van der Waals surface area contributed by atoms with E-state index < -0.39 is 11.7 Å². The number of hydrogen-bond acceptors (Lipinski definition) is 3. The standard InChI is InChI=1S/C17H24F3N3O/c1-13(21)5-6-16(24)23-9-7-22(8-10-23)12-14-3-2-4-15(11-14)17(18,19)20/h2-4,11,13H,5-10,12,21H2,1H3. The fourth-order valence-electron chi connectivity index (χ4n) is 2.77. The fourth-order valence-corrected chi connectivity index (χ4v) is 2.77. The zero-order valence-corrected chi connectivity index (χ0v) is 13.9. The highest BCUT2D eigenvalue weighted by atomic mass is 19.4. The highest BCUT2D eigenvalue weighted by Gasteiger charge is 2.30. The van der Waals surface area contributed by atoms with E-state index in [-0.39, 0.29) is 11.9 Å². The van der Waals surface area contributed by atoms with Gasteiger partial charge in [-0.1, -0.05) is 18.2 Å². The lowest BCUT2D eigenvalue weighted by molar-refractivity contribution is -0.137. The molecule has 1 saturated heterocycles. The van der Waals surface area contributed by atoms with Crippen molar-refractivity contribution in [3.8, 4) is 0 Å². The van der Waals surface area contributed by atoms with Crippen LogP contribution in [-0.2, 0) is 17.5 Å². The number of rotatable bonds is 5. The monoisotopic (exact) mass is 343 g/mol. The molecule has 0 aliphatic carbocycles. The zero-order chi connectivity index (χ0) is 17.7. The largest absolute Gasteiger partial charge is 0.416 e. The molecule has 7 heteroatoms. The summed E-state index contributed by atoms with van der Waals surface area (Å²) in [5.41, 5.74) is 5.68. The summed E-state index contributed by atoms with van der Waals surface area (Å²) in [5.74, 6) is 0.103. The van der Waals surface area contributed by atoms with E-state index in [0.29, 0.717) is 51.1 Å². The summed E-state index contributed by atoms with van der Waals surface area (Å²) in [7, 11) is 0. The Balaban J connectivity index is 1.84. The number of amides is 1. The molecule has 1 heterocycles. The van der Waals surface area contributed by atoms with Crippen molar-refractivity contribution in [2.24, 2.45) is 5.73 Å². The second-order valence-corrected chi connectivity index (χ2v) is 6.37. The Kier molecular flexibility index (Phi) is 6.23. The van der Waals surface area contributed by atoms with Crippen LogP contribution in [0.1, 0.15) is 30.9 Å². The summed E-state index contributed by atoms with van der Waals surface area (Å²) in [5, 5.41) is 0. The molecule has 0 spiro atoms. The number of nitrogens with two attached hydrogens (primary N) is 1. The Morgan fingerprint density at radius 1 is 1.25 bits per heavy atom. The third-order valence-corrected chi connectivity index (χ3v) is 4.20. The van der Waals surface area contributed by atoms with Crippen LogP contribution in [0.4, 0.5) is 13.2 Å². The second-order valence-electron chi connectivity index (χ2n) is 6.37. The summed E-state index contributed by atoms with van der Waals surface area (Å²) in [4.78, 5) is 15.9. The van der Waals surface area contributed by atoms with Gasteiger partial charge in [0.05, 0.1) is 5.56 Å². The minimum Gasteiger partial charge on any atom is -0.340 e. The molecule has 2 N–H and O–H groups in total. The molecule has 1 atom stereocenters. The first kappa shape index (κ1) is 18.7. The van der Waals surface area contributed by atoms with Gasteiger partial charge in [-0.15, -0.1) is 0 Å². The quantitative estimate of drug-likeness (QED) is 0.894. The van der Waals surface area contributed by atoms with Gasteiger partial charge in [-0.05, 0) is 25.0 Å². The normalized spacial score (nSPS) is 17.8. The van der Waals surface area contributed by atoms with Crippen molar-refractivity contribution in [2.45, 2.75) is 38.5 Å². The minimum atomic E-state index is -4.32. The number of piperazine rings is 1. The maximum absolute atomic E-state index is 12.7. The smallest absolute Gasteiger partial charge is 0.340 e. The third-order valence-electron chi connectivity index (χ3n) is 4.20. The highest BCUT2D eigenvalue weighted by molar-refractivity contribution is 5.76. The van der Waals surface area contributed by atoms with Crippen molar-refractivity contribution in [3.63, 3.8) is 0 Å². The van der Waals surface area contributed by atoms with Crippen molar-refractivity contribution >= 4 is 5.91 Å². The lowest BCUT2D eigenvalue weighted by Gasteiger charge is -2.35. The summed E-state index contributed by atoms with van der Waals surface area (Å²) >= 11 is 0. The van der Waals surface area contributed by atoms with Crippen LogP contribution in [0.25, 0.3) is 0 Å². The van der Waals surface area contributed by atoms with Crippen LogP contribution in [0.5, 0.6) is 0 Å². The summed E-state index contributed by atoms with van der Waals surface area (Å²) in [6, 6.07) is 5.43. The number of carbonyl (C=O) groups excluding carboxylic acids is 1. The lowest BCUT2D eigenvalue weighted by atomic mass is 10.1. The number of nitrogens with zero attached hydrogens (tertiary/aromatic N) is 2. The molecule has 0 aromatic heterocycles. The summed E-state index contributed by atoms with van der Waals surface area (Å²) < 4.78 is 38.2. The molecule has 1 unspecified atom stereocenters. The maximum Gasteiger partial charge on any atom is 0.416 e. The molecule has 1 fully saturated rings. The van der Waals surface area contributed by atoms with Crippen LogP contribution in [0, 0.1) is 0 Å². The molecular weight excluding hydrogens is 319 g/mol. The van der Waals surface area contributed by atoms with E-state index >= 15 is 0 Å². The van der Waals surface area contributed by atoms with Crippen molar-refractivity contribution < 1.29 is 18.0 Å². The van der Waals surface area contributed by atoms with Crippen molar-refractivity contribution in [3.05, 3.63) is 35.4 Å². The number of carbonyl (C=O) groups is 1. The zero-order valence-electron chi connectivity index (χ0n) is 13.9. The topological polar surface area (TPSA) is 49.6 Å². The Bertz CT molecular complexity index is 552. The second kappa shape index (κ2) is 7.98. The Hall–Kier alpha value is -1.60. The molecule has 1 aromatic rings. The summed E-state index contributed by atoms with van der Waals surface area (Å²) in [6.07, 6.45) is -3.20. The van der Waals surface area contributed by atoms with Crippen LogP contribution in [0.2, 0.25) is 0 Å². The number of hydrogen-bond donors (Lipinski definition) is 1. The Morgan fingerprint density at radius 2 is 1.92 bits per heavy atom. The number of halogens is 3. The van der Waals surface area contributed by atoms with Crippen molar-refractivity contribution in [1.82, 2.24) is 9.80 Å². The Morgan fingerprint density at radius 3 is 2.50 bits per heavy atom. The minimum absolute atomic E-state index is 0.0103. The van der Waals surface area contributed by atoms with E-state index in [2.05, 4.69) is 4.90 Å². The van der Waals surface area contributed by atoms with Gasteiger partial charge in [-0.2, -0.15) is 13.2 Å². The van der Waals surface area contributed by atoms with E-state index in [4.69, 9.17) is 5.73 Å². The molecule has 0 saturated carbocycles. The summed E-state index contributed by atoms with van der Waals surface area (Å²) in [6.45, 7) is 4.89. The van der Waals surface area contributed by atoms with Gasteiger partial charge < -0.3 is 10.6 Å². The molecule has 24 heavy (non-hydrogen) atoms. The lowest BCUT2D eigenvalue weighted by Crippen LogP contribution is -2.48. The van der Waals surface area contributed by atoms with Gasteiger partial charge in [0.1, 0.15) is 0 Å². The molecule has 2 rings (SSSR count). The first-order valence-corrected chi connectivity index (χ1v) is 8.17. The molecule has 134 valence electrons. The van der Waals surface area contributed by atoms with Crippen LogP contribution < -0.4 is 5.73 Å². The molecule has 1 aliphatic heterocycles. The van der Waals surface area contributed by atoms with Gasteiger partial charge in [0, 0.05) is 45.2 Å². The average Bonchev–Trinajstić information content (AvgIpc) is 2.53. The fraction of sp³-hybridized carbons (Fsp3) is 0.588. The SMILES string of the molecule is CC(N)CCC(=O)N1CCN(Cc2cccc(C(F)(F)F)c2)CC1. The van der Waals surface area contributed by atoms with Crippen molar-refractivity contribution in [2.75, 3.05) is 26.2 Å². The third kappa shape index (κ3) is 5.49. The molecule has 1 amide bonds. The van der Waals surface area contributed by atoms with E-state index in [1.54, 1.807) is 6.07 Å². The molecule has 1 aliphatic rings. The van der Waals surface area contributed by atoms with Gasteiger partial charge in [0.25, 0.3) is 0 Å². The highest BCUT2D eigenvalue weighted by Crippen LogP contribution is 2.29. The molecule has 4 nitrogen and oxygen atoms in total. The van der Waals surface area contributed by atoms with Crippen LogP contribution >= 0.6 is 0 Å². The molecule has 0 radical (unpaired) electrons. The van der Waals surface area contributed by atoms with Crippen LogP contribution in [0.3, 0.4) is 0 Å². The average molecular weight is 343 g/mol. The van der Waals surface area contributed by atoms with E-state index in [9.17, 15) is 18.0 Å². The predicted octanol–water partition coefficient (Wildman–Crippen LogP) is 2.48. The van der Waals surface area contributed by atoms with E-state index in [0.717, 1.165) is 6.07 Å². The van der Waals surface area contributed by atoms with Gasteiger partial charge >= 0.3 is 6.18 Å². The predicted molar refractivity (Wildman–Crippen MR) is 86.2 cm³/mol. The van der Waals surface area contributed by atoms with Gasteiger partial charge in [-0.25, -0.2) is 0 Å². The van der Waals surface area contributed by atoms with Gasteiger partial charge in [0.2, 0.25) is 5.91 Å². The number of alkyl halides is 3. The molecular formula is C17H24F3N3O. The van der Waals surface area contributed by atoms with Gasteiger partial charge in [-0.3, -0.25) is 9.69 Å². The van der Waals surface area contributed by atoms with E-state index in [1.807, 2.05) is 11.8 Å². The first-order chi connectivity index (χ1) is 11.3. The van der Waals surface area contributed by atoms with Crippen molar-refractivity contribution in [1.29, 1.82) is 0 Å². The molecule has 0 bridgehead atoms.